The molecule has 0 fully saturated rings. The van der Waals surface area contributed by atoms with Crippen molar-refractivity contribution in [2.45, 2.75) is 24.9 Å². The van der Waals surface area contributed by atoms with Gasteiger partial charge in [-0.2, -0.15) is 9.67 Å². The molecular weight excluding hydrogens is 379 g/mol. The van der Waals surface area contributed by atoms with Gasteiger partial charge in [-0.3, -0.25) is 0 Å². The molecule has 0 amide bonds. The number of rotatable bonds is 7. The Hall–Kier alpha value is -3.07. The van der Waals surface area contributed by atoms with Crippen LogP contribution in [0.3, 0.4) is 0 Å². The summed E-state index contributed by atoms with van der Waals surface area (Å²) in [6.45, 7) is 1.71. The minimum atomic E-state index is -0.281. The lowest BCUT2D eigenvalue weighted by molar-refractivity contribution is 0.378. The molecule has 0 saturated heterocycles. The molecule has 2 heterocycles. The Morgan fingerprint density at radius 2 is 2.00 bits per heavy atom. The Morgan fingerprint density at radius 1 is 1.14 bits per heavy atom. The second-order valence-electron chi connectivity index (χ2n) is 6.14. The number of hydrogen-bond acceptors (Lipinski definition) is 7. The predicted molar refractivity (Wildman–Crippen MR) is 103 cm³/mol. The van der Waals surface area contributed by atoms with Crippen molar-refractivity contribution < 1.29 is 8.91 Å². The van der Waals surface area contributed by atoms with Gasteiger partial charge in [-0.1, -0.05) is 47.3 Å². The Labute approximate surface area is 165 Å². The van der Waals surface area contributed by atoms with Crippen LogP contribution in [0.15, 0.2) is 58.2 Å². The molecule has 28 heavy (non-hydrogen) atoms. The molecule has 0 saturated carbocycles. The van der Waals surface area contributed by atoms with Crippen LogP contribution in [0.5, 0.6) is 0 Å². The number of halogens is 1. The highest BCUT2D eigenvalue weighted by Gasteiger charge is 2.12. The van der Waals surface area contributed by atoms with Gasteiger partial charge in [-0.15, -0.1) is 5.10 Å². The number of aromatic nitrogens is 6. The topological polar surface area (TPSA) is 82.5 Å². The summed E-state index contributed by atoms with van der Waals surface area (Å²) in [6.07, 6.45) is 1.44. The minimum Gasteiger partial charge on any atom is -0.339 e. The first kappa shape index (κ1) is 18.3. The Kier molecular flexibility index (Phi) is 5.43. The first-order valence-electron chi connectivity index (χ1n) is 8.76. The summed E-state index contributed by atoms with van der Waals surface area (Å²) in [7, 11) is 0. The van der Waals surface area contributed by atoms with E-state index in [-0.39, 0.29) is 5.82 Å². The third-order valence-electron chi connectivity index (χ3n) is 4.11. The SMILES string of the molecule is Cc1ccc(-c2noc(CCCSc3nnnn3-c3ccccc3)n2)cc1F. The van der Waals surface area contributed by atoms with Gasteiger partial charge in [0.05, 0.1) is 5.69 Å². The maximum Gasteiger partial charge on any atom is 0.226 e. The standard InChI is InChI=1S/C19H17FN6OS/c1-13-9-10-14(12-16(13)20)18-21-17(27-23-18)8-5-11-28-19-22-24-25-26(19)15-6-3-2-4-7-15/h2-4,6-7,9-10,12H,5,8,11H2,1H3. The molecule has 0 radical (unpaired) electrons. The van der Waals surface area contributed by atoms with Crippen LogP contribution in [-0.2, 0) is 6.42 Å². The van der Waals surface area contributed by atoms with Gasteiger partial charge >= 0.3 is 0 Å². The molecule has 142 valence electrons. The van der Waals surface area contributed by atoms with Crippen LogP contribution < -0.4 is 0 Å². The van der Waals surface area contributed by atoms with Crippen LogP contribution in [0.25, 0.3) is 17.1 Å². The molecule has 0 N–H and O–H groups in total. The predicted octanol–water partition coefficient (Wildman–Crippen LogP) is 3.88. The summed E-state index contributed by atoms with van der Waals surface area (Å²) in [6, 6.07) is 14.6. The van der Waals surface area contributed by atoms with Gasteiger partial charge in [0.15, 0.2) is 0 Å². The van der Waals surface area contributed by atoms with Crippen molar-refractivity contribution in [1.29, 1.82) is 0 Å². The fraction of sp³-hybridized carbons (Fsp3) is 0.211. The van der Waals surface area contributed by atoms with E-state index in [9.17, 15) is 4.39 Å². The molecule has 2 aromatic carbocycles. The van der Waals surface area contributed by atoms with Crippen LogP contribution in [-0.4, -0.2) is 36.1 Å². The number of thioether (sulfide) groups is 1. The van der Waals surface area contributed by atoms with E-state index in [1.54, 1.807) is 35.5 Å². The minimum absolute atomic E-state index is 0.281. The zero-order chi connectivity index (χ0) is 19.3. The average molecular weight is 396 g/mol. The first-order valence-corrected chi connectivity index (χ1v) is 9.75. The maximum absolute atomic E-state index is 13.7. The Bertz CT molecular complexity index is 1070. The van der Waals surface area contributed by atoms with Crippen molar-refractivity contribution in [3.63, 3.8) is 0 Å². The molecule has 0 aliphatic rings. The smallest absolute Gasteiger partial charge is 0.226 e. The van der Waals surface area contributed by atoms with Crippen molar-refractivity contribution in [3.05, 3.63) is 65.8 Å². The third-order valence-corrected chi connectivity index (χ3v) is 5.11. The fourth-order valence-electron chi connectivity index (χ4n) is 2.59. The molecule has 7 nitrogen and oxygen atoms in total. The maximum atomic E-state index is 13.7. The van der Waals surface area contributed by atoms with Gasteiger partial charge in [-0.05, 0) is 47.5 Å². The lowest BCUT2D eigenvalue weighted by atomic mass is 10.1. The van der Waals surface area contributed by atoms with Gasteiger partial charge in [0.1, 0.15) is 5.82 Å². The summed E-state index contributed by atoms with van der Waals surface area (Å²) >= 11 is 1.56. The number of benzene rings is 2. The largest absolute Gasteiger partial charge is 0.339 e. The normalized spacial score (nSPS) is 11.1. The van der Waals surface area contributed by atoms with E-state index in [0.29, 0.717) is 29.3 Å². The molecule has 0 unspecified atom stereocenters. The molecule has 0 aliphatic heterocycles. The lowest BCUT2D eigenvalue weighted by Gasteiger charge is -2.03. The molecule has 4 aromatic rings. The Morgan fingerprint density at radius 3 is 2.82 bits per heavy atom. The highest BCUT2D eigenvalue weighted by Crippen LogP contribution is 2.21. The molecule has 0 bridgehead atoms. The van der Waals surface area contributed by atoms with Crippen molar-refractivity contribution in [3.8, 4) is 17.1 Å². The number of para-hydroxylation sites is 1. The van der Waals surface area contributed by atoms with Crippen molar-refractivity contribution in [2.75, 3.05) is 5.75 Å². The van der Waals surface area contributed by atoms with Gasteiger partial charge in [-0.25, -0.2) is 4.39 Å². The van der Waals surface area contributed by atoms with Gasteiger partial charge in [0, 0.05) is 17.7 Å². The second-order valence-corrected chi connectivity index (χ2v) is 7.20. The molecule has 2 aromatic heterocycles. The van der Waals surface area contributed by atoms with Gasteiger partial charge < -0.3 is 4.52 Å². The van der Waals surface area contributed by atoms with Crippen LogP contribution >= 0.6 is 11.8 Å². The zero-order valence-electron chi connectivity index (χ0n) is 15.1. The van der Waals surface area contributed by atoms with Crippen LogP contribution in [0.1, 0.15) is 17.9 Å². The lowest BCUT2D eigenvalue weighted by Crippen LogP contribution is -1.99. The first-order chi connectivity index (χ1) is 13.7. The summed E-state index contributed by atoms with van der Waals surface area (Å²) in [4.78, 5) is 4.35. The number of tetrazole rings is 1. The van der Waals surface area contributed by atoms with E-state index < -0.39 is 0 Å². The third kappa shape index (κ3) is 4.09. The van der Waals surface area contributed by atoms with Crippen molar-refractivity contribution in [2.24, 2.45) is 0 Å². The van der Waals surface area contributed by atoms with Crippen LogP contribution in [0, 0.1) is 12.7 Å². The second kappa shape index (κ2) is 8.30. The quantitative estimate of drug-likeness (QED) is 0.346. The molecule has 9 heteroatoms. The fourth-order valence-corrected chi connectivity index (χ4v) is 3.42. The monoisotopic (exact) mass is 396 g/mol. The summed E-state index contributed by atoms with van der Waals surface area (Å²) in [5.74, 6) is 1.44. The molecule has 0 aliphatic carbocycles. The van der Waals surface area contributed by atoms with E-state index in [4.69, 9.17) is 4.52 Å². The highest BCUT2D eigenvalue weighted by atomic mass is 32.2. The molecule has 0 atom stereocenters. The van der Waals surface area contributed by atoms with E-state index in [2.05, 4.69) is 25.7 Å². The van der Waals surface area contributed by atoms with E-state index in [1.807, 2.05) is 30.3 Å². The molecular formula is C19H17FN6OS. The van der Waals surface area contributed by atoms with Gasteiger partial charge in [0.25, 0.3) is 0 Å². The van der Waals surface area contributed by atoms with Crippen LogP contribution in [0.4, 0.5) is 4.39 Å². The van der Waals surface area contributed by atoms with Crippen molar-refractivity contribution in [1.82, 2.24) is 30.3 Å². The number of aryl methyl sites for hydroxylation is 2. The number of nitrogens with zero attached hydrogens (tertiary/aromatic N) is 6. The summed E-state index contributed by atoms with van der Waals surface area (Å²) in [5.41, 5.74) is 2.11. The summed E-state index contributed by atoms with van der Waals surface area (Å²) < 4.78 is 20.7. The van der Waals surface area contributed by atoms with Crippen molar-refractivity contribution >= 4 is 11.8 Å². The van der Waals surface area contributed by atoms with E-state index in [1.165, 1.54) is 6.07 Å². The van der Waals surface area contributed by atoms with E-state index in [0.717, 1.165) is 23.0 Å². The Balaban J connectivity index is 1.33. The summed E-state index contributed by atoms with van der Waals surface area (Å²) in [5, 5.41) is 16.5. The number of hydrogen-bond donors (Lipinski definition) is 0. The van der Waals surface area contributed by atoms with Gasteiger partial charge in [0.2, 0.25) is 16.9 Å². The van der Waals surface area contributed by atoms with E-state index >= 15 is 0 Å². The van der Waals surface area contributed by atoms with Crippen LogP contribution in [0.2, 0.25) is 0 Å². The average Bonchev–Trinajstić information content (AvgIpc) is 3.38. The zero-order valence-corrected chi connectivity index (χ0v) is 15.9. The highest BCUT2D eigenvalue weighted by molar-refractivity contribution is 7.99. The molecule has 4 rings (SSSR count). The molecule has 0 spiro atoms.